The van der Waals surface area contributed by atoms with Crippen LogP contribution in [0.5, 0.6) is 5.75 Å². The average Bonchev–Trinajstić information content (AvgIpc) is 3.04. The van der Waals surface area contributed by atoms with Gasteiger partial charge in [0.05, 0.1) is 5.56 Å². The van der Waals surface area contributed by atoms with Gasteiger partial charge in [0.2, 0.25) is 0 Å². The zero-order chi connectivity index (χ0) is 20.2. The first kappa shape index (κ1) is 20.3. The number of aromatic amines is 1. The quantitative estimate of drug-likeness (QED) is 0.716. The van der Waals surface area contributed by atoms with E-state index in [1.54, 1.807) is 13.8 Å². The minimum absolute atomic E-state index is 0.0116. The number of benzene rings is 1. The van der Waals surface area contributed by atoms with E-state index in [1.807, 2.05) is 0 Å². The monoisotopic (exact) mass is 383 g/mol. The van der Waals surface area contributed by atoms with E-state index < -0.39 is 29.7 Å². The summed E-state index contributed by atoms with van der Waals surface area (Å²) in [5.74, 6) is -0.874. The van der Waals surface area contributed by atoms with Gasteiger partial charge in [-0.05, 0) is 31.5 Å². The van der Waals surface area contributed by atoms with Crippen LogP contribution in [0.25, 0.3) is 0 Å². The molecule has 1 aromatic carbocycles. The third-order valence-electron chi connectivity index (χ3n) is 3.80. The predicted octanol–water partition coefficient (Wildman–Crippen LogP) is 3.28. The van der Waals surface area contributed by atoms with Crippen molar-refractivity contribution in [3.8, 4) is 5.75 Å². The fourth-order valence-electron chi connectivity index (χ4n) is 2.43. The van der Waals surface area contributed by atoms with Gasteiger partial charge in [0.1, 0.15) is 17.5 Å². The second-order valence-electron chi connectivity index (χ2n) is 5.74. The molecule has 0 aliphatic heterocycles. The smallest absolute Gasteiger partial charge is 0.416 e. The molecular formula is C18H20F3N3O3. The van der Waals surface area contributed by atoms with E-state index in [-0.39, 0.29) is 22.7 Å². The van der Waals surface area contributed by atoms with Gasteiger partial charge in [0.15, 0.2) is 5.75 Å². The molecule has 0 aliphatic rings. The number of halogens is 3. The molecule has 2 rings (SSSR count). The number of hydrogen-bond donors (Lipinski definition) is 3. The number of amides is 2. The SMILES string of the molecule is CCNC(=O)c1cc(O[C@H](C)c2cccc(C(F)(F)F)c2)c(C(=O)NC)[nH]1. The number of aromatic nitrogens is 1. The summed E-state index contributed by atoms with van der Waals surface area (Å²) in [6, 6.07) is 6.09. The maximum absolute atomic E-state index is 12.9. The Hall–Kier alpha value is -2.97. The highest BCUT2D eigenvalue weighted by molar-refractivity contribution is 5.99. The molecule has 0 spiro atoms. The van der Waals surface area contributed by atoms with Gasteiger partial charge in [0, 0.05) is 19.7 Å². The Balaban J connectivity index is 2.32. The number of H-pyrrole nitrogens is 1. The highest BCUT2D eigenvalue weighted by Gasteiger charge is 2.31. The molecule has 0 bridgehead atoms. The topological polar surface area (TPSA) is 83.2 Å². The van der Waals surface area contributed by atoms with Crippen molar-refractivity contribution >= 4 is 11.8 Å². The minimum Gasteiger partial charge on any atom is -0.484 e. The summed E-state index contributed by atoms with van der Waals surface area (Å²) in [4.78, 5) is 26.7. The van der Waals surface area contributed by atoms with E-state index in [4.69, 9.17) is 4.74 Å². The second kappa shape index (κ2) is 8.15. The number of hydrogen-bond acceptors (Lipinski definition) is 3. The van der Waals surface area contributed by atoms with Crippen LogP contribution < -0.4 is 15.4 Å². The number of nitrogens with one attached hydrogen (secondary N) is 3. The zero-order valence-electron chi connectivity index (χ0n) is 15.0. The van der Waals surface area contributed by atoms with Gasteiger partial charge in [-0.2, -0.15) is 13.2 Å². The van der Waals surface area contributed by atoms with E-state index in [0.29, 0.717) is 6.54 Å². The van der Waals surface area contributed by atoms with E-state index in [9.17, 15) is 22.8 Å². The molecule has 3 N–H and O–H groups in total. The molecule has 0 radical (unpaired) electrons. The molecule has 1 heterocycles. The zero-order valence-corrected chi connectivity index (χ0v) is 15.0. The number of ether oxygens (including phenoxy) is 1. The normalized spacial score (nSPS) is 12.4. The minimum atomic E-state index is -4.47. The summed E-state index contributed by atoms with van der Waals surface area (Å²) in [7, 11) is 1.41. The highest BCUT2D eigenvalue weighted by atomic mass is 19.4. The number of alkyl halides is 3. The van der Waals surface area contributed by atoms with Crippen LogP contribution in [0, 0.1) is 0 Å². The maximum Gasteiger partial charge on any atom is 0.416 e. The van der Waals surface area contributed by atoms with Crippen LogP contribution in [0.2, 0.25) is 0 Å². The first-order valence-electron chi connectivity index (χ1n) is 8.24. The van der Waals surface area contributed by atoms with Crippen LogP contribution in [0.1, 0.15) is 52.1 Å². The molecule has 0 unspecified atom stereocenters. The lowest BCUT2D eigenvalue weighted by Crippen LogP contribution is -2.23. The van der Waals surface area contributed by atoms with Gasteiger partial charge >= 0.3 is 6.18 Å². The third kappa shape index (κ3) is 4.81. The summed E-state index contributed by atoms with van der Waals surface area (Å²) in [5, 5.41) is 5.00. The van der Waals surface area contributed by atoms with Crippen molar-refractivity contribution in [3.05, 3.63) is 52.8 Å². The first-order valence-corrected chi connectivity index (χ1v) is 8.24. The van der Waals surface area contributed by atoms with Crippen LogP contribution in [0.15, 0.2) is 30.3 Å². The Morgan fingerprint density at radius 2 is 1.93 bits per heavy atom. The Kier molecular flexibility index (Phi) is 6.14. The molecule has 0 saturated heterocycles. The molecule has 2 amide bonds. The molecule has 0 fully saturated rings. The molecule has 9 heteroatoms. The standard InChI is InChI=1S/C18H20F3N3O3/c1-4-23-16(25)13-9-14(15(24-13)17(26)22-3)27-10(2)11-6-5-7-12(8-11)18(19,20)21/h5-10,24H,4H2,1-3H3,(H,22,26)(H,23,25)/t10-/m1/s1. The number of carbonyl (C=O) groups excluding carboxylic acids is 2. The van der Waals surface area contributed by atoms with Gasteiger partial charge in [-0.25, -0.2) is 0 Å². The van der Waals surface area contributed by atoms with Gasteiger partial charge < -0.3 is 20.4 Å². The van der Waals surface area contributed by atoms with Gasteiger partial charge in [-0.1, -0.05) is 12.1 Å². The molecule has 0 aliphatic carbocycles. The van der Waals surface area contributed by atoms with Gasteiger partial charge in [-0.15, -0.1) is 0 Å². The molecule has 146 valence electrons. The number of rotatable bonds is 6. The summed E-state index contributed by atoms with van der Waals surface area (Å²) in [6.07, 6.45) is -5.25. The highest BCUT2D eigenvalue weighted by Crippen LogP contribution is 2.32. The van der Waals surface area contributed by atoms with Crippen molar-refractivity contribution in [2.75, 3.05) is 13.6 Å². The van der Waals surface area contributed by atoms with Crippen molar-refractivity contribution in [2.45, 2.75) is 26.1 Å². The fraction of sp³-hybridized carbons (Fsp3) is 0.333. The molecule has 6 nitrogen and oxygen atoms in total. The Bertz CT molecular complexity index is 831. The van der Waals surface area contributed by atoms with Gasteiger partial charge in [-0.3, -0.25) is 9.59 Å². The van der Waals surface area contributed by atoms with Gasteiger partial charge in [0.25, 0.3) is 11.8 Å². The fourth-order valence-corrected chi connectivity index (χ4v) is 2.43. The molecule has 0 saturated carbocycles. The Morgan fingerprint density at radius 1 is 1.22 bits per heavy atom. The van der Waals surface area contributed by atoms with Crippen molar-refractivity contribution in [1.82, 2.24) is 15.6 Å². The van der Waals surface area contributed by atoms with Crippen LogP contribution in [-0.2, 0) is 6.18 Å². The van der Waals surface area contributed by atoms with Crippen LogP contribution in [0.4, 0.5) is 13.2 Å². The lowest BCUT2D eigenvalue weighted by Gasteiger charge is -2.16. The lowest BCUT2D eigenvalue weighted by molar-refractivity contribution is -0.137. The average molecular weight is 383 g/mol. The maximum atomic E-state index is 12.9. The summed E-state index contributed by atoms with van der Waals surface area (Å²) < 4.78 is 44.4. The molecule has 2 aromatic rings. The summed E-state index contributed by atoms with van der Waals surface area (Å²) in [6.45, 7) is 3.69. The third-order valence-corrected chi connectivity index (χ3v) is 3.80. The second-order valence-corrected chi connectivity index (χ2v) is 5.74. The molecule has 1 atom stereocenters. The van der Waals surface area contributed by atoms with Crippen LogP contribution in [-0.4, -0.2) is 30.4 Å². The largest absolute Gasteiger partial charge is 0.484 e. The van der Waals surface area contributed by atoms with Crippen molar-refractivity contribution in [2.24, 2.45) is 0 Å². The molecule has 1 aromatic heterocycles. The van der Waals surface area contributed by atoms with Crippen molar-refractivity contribution < 1.29 is 27.5 Å². The Labute approximate surface area is 154 Å². The molecular weight excluding hydrogens is 363 g/mol. The van der Waals surface area contributed by atoms with Crippen molar-refractivity contribution in [1.29, 1.82) is 0 Å². The summed E-state index contributed by atoms with van der Waals surface area (Å²) >= 11 is 0. The molecule has 27 heavy (non-hydrogen) atoms. The Morgan fingerprint density at radius 3 is 2.52 bits per heavy atom. The lowest BCUT2D eigenvalue weighted by atomic mass is 10.1. The number of carbonyl (C=O) groups is 2. The van der Waals surface area contributed by atoms with E-state index in [0.717, 1.165) is 12.1 Å². The van der Waals surface area contributed by atoms with Crippen LogP contribution in [0.3, 0.4) is 0 Å². The predicted molar refractivity (Wildman–Crippen MR) is 92.7 cm³/mol. The van der Waals surface area contributed by atoms with E-state index >= 15 is 0 Å². The first-order chi connectivity index (χ1) is 12.7. The van der Waals surface area contributed by atoms with Crippen LogP contribution >= 0.6 is 0 Å². The van der Waals surface area contributed by atoms with E-state index in [2.05, 4.69) is 15.6 Å². The summed E-state index contributed by atoms with van der Waals surface area (Å²) in [5.41, 5.74) is -0.383. The van der Waals surface area contributed by atoms with Crippen molar-refractivity contribution in [3.63, 3.8) is 0 Å². The van der Waals surface area contributed by atoms with E-state index in [1.165, 1.54) is 25.2 Å².